The van der Waals surface area contributed by atoms with Crippen molar-refractivity contribution < 1.29 is 19.2 Å². The Balaban J connectivity index is 1.66. The van der Waals surface area contributed by atoms with Gasteiger partial charge in [-0.3, -0.25) is 14.9 Å². The Hall–Kier alpha value is -3.42. The van der Waals surface area contributed by atoms with Crippen LogP contribution in [0.3, 0.4) is 0 Å². The Kier molecular flexibility index (Phi) is 5.58. The molecule has 0 saturated heterocycles. The molecule has 146 valence electrons. The molecule has 1 fully saturated rings. The number of amides is 1. The van der Waals surface area contributed by atoms with Crippen molar-refractivity contribution in [2.24, 2.45) is 0 Å². The van der Waals surface area contributed by atoms with Gasteiger partial charge < -0.3 is 15.4 Å². The Labute approximate surface area is 162 Å². The molecule has 2 aromatic rings. The summed E-state index contributed by atoms with van der Waals surface area (Å²) in [7, 11) is 0. The van der Waals surface area contributed by atoms with Crippen LogP contribution in [0.5, 0.6) is 0 Å². The number of ether oxygens (including phenoxy) is 1. The number of hydrogen-bond acceptors (Lipinski definition) is 6. The maximum atomic E-state index is 12.3. The minimum atomic E-state index is -1.06. The summed E-state index contributed by atoms with van der Waals surface area (Å²) in [5, 5.41) is 17.0. The zero-order valence-electron chi connectivity index (χ0n) is 15.6. The third-order valence-corrected chi connectivity index (χ3v) is 4.31. The Morgan fingerprint density at radius 3 is 2.61 bits per heavy atom. The largest absolute Gasteiger partial charge is 0.449 e. The number of nitro benzene ring substituents is 1. The fourth-order valence-electron chi connectivity index (χ4n) is 2.63. The fraction of sp³-hybridized carbons (Fsp3) is 0.300. The van der Waals surface area contributed by atoms with Crippen LogP contribution in [0.4, 0.5) is 17.1 Å². The van der Waals surface area contributed by atoms with E-state index in [1.807, 2.05) is 13.0 Å². The van der Waals surface area contributed by atoms with E-state index in [4.69, 9.17) is 4.74 Å². The first-order valence-corrected chi connectivity index (χ1v) is 8.97. The first-order valence-electron chi connectivity index (χ1n) is 8.97. The van der Waals surface area contributed by atoms with Gasteiger partial charge in [0.05, 0.1) is 10.5 Å². The number of rotatable bonds is 7. The molecule has 0 spiro atoms. The van der Waals surface area contributed by atoms with Crippen molar-refractivity contribution in [1.82, 2.24) is 0 Å². The topological polar surface area (TPSA) is 111 Å². The van der Waals surface area contributed by atoms with Gasteiger partial charge >= 0.3 is 5.97 Å². The van der Waals surface area contributed by atoms with Gasteiger partial charge in [-0.1, -0.05) is 12.1 Å². The van der Waals surface area contributed by atoms with Crippen LogP contribution in [0.25, 0.3) is 0 Å². The highest BCUT2D eigenvalue weighted by Gasteiger charge is 2.26. The summed E-state index contributed by atoms with van der Waals surface area (Å²) in [5.74, 6) is -1.28. The third kappa shape index (κ3) is 4.85. The van der Waals surface area contributed by atoms with Crippen molar-refractivity contribution in [2.75, 3.05) is 10.6 Å². The molecular weight excluding hydrogens is 362 g/mol. The zero-order chi connectivity index (χ0) is 20.3. The first kappa shape index (κ1) is 19.3. The van der Waals surface area contributed by atoms with E-state index in [0.717, 1.165) is 24.5 Å². The summed E-state index contributed by atoms with van der Waals surface area (Å²) in [4.78, 5) is 35.3. The second-order valence-electron chi connectivity index (χ2n) is 6.81. The van der Waals surface area contributed by atoms with E-state index >= 15 is 0 Å². The Bertz CT molecular complexity index is 924. The molecule has 8 nitrogen and oxygen atoms in total. The van der Waals surface area contributed by atoms with Gasteiger partial charge in [-0.05, 0) is 56.5 Å². The van der Waals surface area contributed by atoms with Crippen molar-refractivity contribution in [3.63, 3.8) is 0 Å². The average Bonchev–Trinajstić information content (AvgIpc) is 3.45. The molecule has 2 N–H and O–H groups in total. The van der Waals surface area contributed by atoms with Crippen LogP contribution < -0.4 is 10.6 Å². The van der Waals surface area contributed by atoms with Crippen molar-refractivity contribution in [1.29, 1.82) is 0 Å². The quantitative estimate of drug-likeness (QED) is 0.429. The number of nitro groups is 1. The van der Waals surface area contributed by atoms with E-state index in [1.165, 1.54) is 19.1 Å². The molecule has 2 aromatic carbocycles. The Morgan fingerprint density at radius 2 is 1.96 bits per heavy atom. The number of carbonyl (C=O) groups excluding carboxylic acids is 2. The molecule has 0 heterocycles. The van der Waals surface area contributed by atoms with Crippen molar-refractivity contribution in [2.45, 2.75) is 38.8 Å². The van der Waals surface area contributed by atoms with Gasteiger partial charge in [-0.25, -0.2) is 4.79 Å². The Morgan fingerprint density at radius 1 is 1.21 bits per heavy atom. The van der Waals surface area contributed by atoms with Gasteiger partial charge in [0.15, 0.2) is 6.10 Å². The molecule has 0 aromatic heterocycles. The highest BCUT2D eigenvalue weighted by molar-refractivity contribution is 5.97. The average molecular weight is 383 g/mol. The van der Waals surface area contributed by atoms with E-state index in [2.05, 4.69) is 10.6 Å². The van der Waals surface area contributed by atoms with Gasteiger partial charge in [-0.2, -0.15) is 0 Å². The van der Waals surface area contributed by atoms with Crippen molar-refractivity contribution in [3.05, 3.63) is 63.7 Å². The van der Waals surface area contributed by atoms with Gasteiger partial charge in [0.1, 0.15) is 5.69 Å². The highest BCUT2D eigenvalue weighted by atomic mass is 16.6. The summed E-state index contributed by atoms with van der Waals surface area (Å²) in [5.41, 5.74) is 1.77. The summed E-state index contributed by atoms with van der Waals surface area (Å²) in [6, 6.07) is 11.6. The van der Waals surface area contributed by atoms with E-state index < -0.39 is 22.9 Å². The minimum absolute atomic E-state index is 0.0169. The van der Waals surface area contributed by atoms with Crippen molar-refractivity contribution in [3.8, 4) is 0 Å². The lowest BCUT2D eigenvalue weighted by Crippen LogP contribution is -2.30. The molecule has 0 unspecified atom stereocenters. The number of hydrogen-bond donors (Lipinski definition) is 2. The van der Waals surface area contributed by atoms with Crippen LogP contribution in [-0.4, -0.2) is 28.9 Å². The van der Waals surface area contributed by atoms with Crippen LogP contribution in [0.2, 0.25) is 0 Å². The number of nitrogens with zero attached hydrogens (tertiary/aromatic N) is 1. The molecule has 0 bridgehead atoms. The monoisotopic (exact) mass is 383 g/mol. The molecule has 3 rings (SSSR count). The standard InChI is InChI=1S/C20H21N3O5/c1-12-4-3-5-16(10-12)22-19(24)13(2)28-20(25)14-6-9-17(21-15-7-8-15)18(11-14)23(26)27/h3-6,9-11,13,15,21H,7-8H2,1-2H3,(H,22,24)/t13-/m0/s1. The lowest BCUT2D eigenvalue weighted by molar-refractivity contribution is -0.384. The van der Waals surface area contributed by atoms with Crippen LogP contribution >= 0.6 is 0 Å². The number of esters is 1. The maximum absolute atomic E-state index is 12.3. The molecule has 28 heavy (non-hydrogen) atoms. The predicted molar refractivity (Wildman–Crippen MR) is 104 cm³/mol. The van der Waals surface area contributed by atoms with Gasteiger partial charge in [-0.15, -0.1) is 0 Å². The number of nitrogens with one attached hydrogen (secondary N) is 2. The predicted octanol–water partition coefficient (Wildman–Crippen LogP) is 3.66. The van der Waals surface area contributed by atoms with E-state index in [-0.39, 0.29) is 17.3 Å². The SMILES string of the molecule is Cc1cccc(NC(=O)[C@H](C)OC(=O)c2ccc(NC3CC3)c([N+](=O)[O-])c2)c1. The first-order chi connectivity index (χ1) is 13.3. The molecule has 1 saturated carbocycles. The second-order valence-corrected chi connectivity index (χ2v) is 6.81. The van der Waals surface area contributed by atoms with Crippen LogP contribution in [0.1, 0.15) is 35.7 Å². The zero-order valence-corrected chi connectivity index (χ0v) is 15.6. The third-order valence-electron chi connectivity index (χ3n) is 4.31. The van der Waals surface area contributed by atoms with Crippen LogP contribution in [0.15, 0.2) is 42.5 Å². The summed E-state index contributed by atoms with van der Waals surface area (Å²) >= 11 is 0. The molecule has 1 atom stereocenters. The molecule has 0 aliphatic heterocycles. The summed E-state index contributed by atoms with van der Waals surface area (Å²) < 4.78 is 5.17. The summed E-state index contributed by atoms with van der Waals surface area (Å²) in [6.45, 7) is 3.34. The second kappa shape index (κ2) is 8.08. The molecule has 1 amide bonds. The minimum Gasteiger partial charge on any atom is -0.449 e. The van der Waals surface area contributed by atoms with Crippen molar-refractivity contribution >= 4 is 28.9 Å². The molecule has 8 heteroatoms. The van der Waals surface area contributed by atoms with Crippen LogP contribution in [-0.2, 0) is 9.53 Å². The molecule has 1 aliphatic carbocycles. The summed E-state index contributed by atoms with van der Waals surface area (Å²) in [6.07, 6.45) is 0.875. The maximum Gasteiger partial charge on any atom is 0.339 e. The number of benzene rings is 2. The van der Waals surface area contributed by atoms with E-state index in [9.17, 15) is 19.7 Å². The lowest BCUT2D eigenvalue weighted by Gasteiger charge is -2.14. The fourth-order valence-corrected chi connectivity index (χ4v) is 2.63. The smallest absolute Gasteiger partial charge is 0.339 e. The molecule has 0 radical (unpaired) electrons. The number of carbonyl (C=O) groups is 2. The van der Waals surface area contributed by atoms with Crippen LogP contribution in [0, 0.1) is 17.0 Å². The lowest BCUT2D eigenvalue weighted by atomic mass is 10.1. The van der Waals surface area contributed by atoms with E-state index in [0.29, 0.717) is 11.4 Å². The highest BCUT2D eigenvalue weighted by Crippen LogP contribution is 2.31. The van der Waals surface area contributed by atoms with E-state index in [1.54, 1.807) is 18.2 Å². The van der Waals surface area contributed by atoms with Gasteiger partial charge in [0.2, 0.25) is 0 Å². The molecule has 1 aliphatic rings. The molecular formula is C20H21N3O5. The number of aryl methyl sites for hydroxylation is 1. The van der Waals surface area contributed by atoms with Gasteiger partial charge in [0, 0.05) is 17.8 Å². The normalized spacial score (nSPS) is 14.1. The van der Waals surface area contributed by atoms with Gasteiger partial charge in [0.25, 0.3) is 11.6 Å². The number of anilines is 2.